The molecule has 3 nitrogen and oxygen atoms in total. The van der Waals surface area contributed by atoms with Crippen molar-refractivity contribution in [3.63, 3.8) is 0 Å². The highest BCUT2D eigenvalue weighted by Gasteiger charge is 2.57. The Morgan fingerprint density at radius 1 is 1.44 bits per heavy atom. The number of nitriles is 1. The second-order valence-corrected chi connectivity index (χ2v) is 6.23. The van der Waals surface area contributed by atoms with Gasteiger partial charge >= 0.3 is 0 Å². The average molecular weight is 239 g/mol. The summed E-state index contributed by atoms with van der Waals surface area (Å²) < 4.78 is 35.8. The Morgan fingerprint density at radius 3 is 2.56 bits per heavy atom. The van der Waals surface area contributed by atoms with E-state index >= 15 is 0 Å². The molecule has 3 atom stereocenters. The number of benzene rings is 1. The fourth-order valence-electron chi connectivity index (χ4n) is 2.08. The molecule has 0 spiro atoms. The zero-order valence-electron chi connectivity index (χ0n) is 8.59. The van der Waals surface area contributed by atoms with Gasteiger partial charge in [-0.15, -0.1) is 0 Å². The van der Waals surface area contributed by atoms with Crippen LogP contribution in [0, 0.1) is 23.1 Å². The van der Waals surface area contributed by atoms with Crippen LogP contribution in [0.15, 0.2) is 24.3 Å². The van der Waals surface area contributed by atoms with Gasteiger partial charge in [-0.25, -0.2) is 12.8 Å². The van der Waals surface area contributed by atoms with E-state index in [1.807, 2.05) is 6.07 Å². The zero-order chi connectivity index (χ0) is 11.9. The maximum atomic E-state index is 13.0. The standard InChI is InChI=1S/C11H10FNO2S/c1-16(14,15)11-9(6-13)10(11)7-3-2-4-8(12)5-7/h2-5,9-11H,1H3/t9-,10+,11+/m1/s1. The van der Waals surface area contributed by atoms with E-state index in [9.17, 15) is 12.8 Å². The van der Waals surface area contributed by atoms with Gasteiger partial charge in [-0.2, -0.15) is 5.26 Å². The monoisotopic (exact) mass is 239 g/mol. The summed E-state index contributed by atoms with van der Waals surface area (Å²) in [5.41, 5.74) is 0.585. The smallest absolute Gasteiger partial charge is 0.152 e. The van der Waals surface area contributed by atoms with Gasteiger partial charge in [-0.05, 0) is 17.7 Å². The van der Waals surface area contributed by atoms with Crippen molar-refractivity contribution >= 4 is 9.84 Å². The normalized spacial score (nSPS) is 28.4. The van der Waals surface area contributed by atoms with Crippen molar-refractivity contribution < 1.29 is 12.8 Å². The van der Waals surface area contributed by atoms with Gasteiger partial charge in [0.25, 0.3) is 0 Å². The molecular weight excluding hydrogens is 229 g/mol. The number of nitrogens with zero attached hydrogens (tertiary/aromatic N) is 1. The summed E-state index contributed by atoms with van der Waals surface area (Å²) in [6.45, 7) is 0. The highest BCUT2D eigenvalue weighted by atomic mass is 32.2. The van der Waals surface area contributed by atoms with E-state index in [0.717, 1.165) is 6.26 Å². The molecule has 0 unspecified atom stereocenters. The van der Waals surface area contributed by atoms with Gasteiger partial charge in [0.1, 0.15) is 5.82 Å². The van der Waals surface area contributed by atoms with Crippen LogP contribution in [0.1, 0.15) is 11.5 Å². The molecule has 0 saturated heterocycles. The first kappa shape index (κ1) is 11.1. The van der Waals surface area contributed by atoms with E-state index in [4.69, 9.17) is 5.26 Å². The van der Waals surface area contributed by atoms with Crippen LogP contribution in [0.5, 0.6) is 0 Å². The quantitative estimate of drug-likeness (QED) is 0.785. The molecule has 0 bridgehead atoms. The number of sulfone groups is 1. The molecular formula is C11H10FNO2S. The summed E-state index contributed by atoms with van der Waals surface area (Å²) >= 11 is 0. The minimum atomic E-state index is -3.25. The fourth-order valence-corrected chi connectivity index (χ4v) is 3.61. The summed E-state index contributed by atoms with van der Waals surface area (Å²) in [6.07, 6.45) is 1.11. The van der Waals surface area contributed by atoms with Gasteiger partial charge < -0.3 is 0 Å². The molecule has 0 N–H and O–H groups in total. The van der Waals surface area contributed by atoms with Crippen LogP contribution < -0.4 is 0 Å². The highest BCUT2D eigenvalue weighted by molar-refractivity contribution is 7.91. The largest absolute Gasteiger partial charge is 0.229 e. The number of hydrogen-bond donors (Lipinski definition) is 0. The molecule has 1 aliphatic carbocycles. The Labute approximate surface area is 93.4 Å². The lowest BCUT2D eigenvalue weighted by molar-refractivity contribution is 0.598. The third kappa shape index (κ3) is 1.81. The molecule has 1 fully saturated rings. The van der Waals surface area contributed by atoms with Crippen molar-refractivity contribution in [2.45, 2.75) is 11.2 Å². The van der Waals surface area contributed by atoms with E-state index in [-0.39, 0.29) is 5.92 Å². The summed E-state index contributed by atoms with van der Waals surface area (Å²) in [7, 11) is -3.25. The van der Waals surface area contributed by atoms with Gasteiger partial charge in [-0.3, -0.25) is 0 Å². The van der Waals surface area contributed by atoms with Crippen molar-refractivity contribution in [2.24, 2.45) is 5.92 Å². The first-order valence-corrected chi connectivity index (χ1v) is 6.74. The summed E-state index contributed by atoms with van der Waals surface area (Å²) in [5, 5.41) is 8.15. The van der Waals surface area contributed by atoms with Gasteiger partial charge in [0.2, 0.25) is 0 Å². The van der Waals surface area contributed by atoms with E-state index in [1.165, 1.54) is 18.2 Å². The molecule has 1 aliphatic rings. The third-order valence-electron chi connectivity index (χ3n) is 2.83. The van der Waals surface area contributed by atoms with Gasteiger partial charge in [0.15, 0.2) is 9.84 Å². The Bertz CT molecular complexity index is 562. The van der Waals surface area contributed by atoms with Crippen LogP contribution in [-0.4, -0.2) is 19.9 Å². The second-order valence-electron chi connectivity index (χ2n) is 4.03. The number of halogens is 1. The predicted molar refractivity (Wildman–Crippen MR) is 56.9 cm³/mol. The van der Waals surface area contributed by atoms with Crippen LogP contribution in [-0.2, 0) is 9.84 Å². The lowest BCUT2D eigenvalue weighted by Crippen LogP contribution is -2.06. The summed E-state index contributed by atoms with van der Waals surface area (Å²) in [6, 6.07) is 7.73. The van der Waals surface area contributed by atoms with Crippen LogP contribution >= 0.6 is 0 Å². The Kier molecular flexibility index (Phi) is 2.47. The highest BCUT2D eigenvalue weighted by Crippen LogP contribution is 2.51. The van der Waals surface area contributed by atoms with Crippen molar-refractivity contribution in [1.82, 2.24) is 0 Å². The lowest BCUT2D eigenvalue weighted by atomic mass is 10.1. The van der Waals surface area contributed by atoms with E-state index in [0.29, 0.717) is 5.56 Å². The molecule has 0 radical (unpaired) electrons. The molecule has 1 aromatic carbocycles. The topological polar surface area (TPSA) is 57.9 Å². The molecule has 0 heterocycles. The maximum Gasteiger partial charge on any atom is 0.152 e. The number of rotatable bonds is 2. The minimum Gasteiger partial charge on any atom is -0.229 e. The molecule has 5 heteroatoms. The molecule has 1 saturated carbocycles. The number of hydrogen-bond acceptors (Lipinski definition) is 3. The van der Waals surface area contributed by atoms with Crippen molar-refractivity contribution in [1.29, 1.82) is 5.26 Å². The van der Waals surface area contributed by atoms with E-state index < -0.39 is 26.8 Å². The molecule has 0 amide bonds. The Morgan fingerprint density at radius 2 is 2.12 bits per heavy atom. The minimum absolute atomic E-state index is 0.379. The van der Waals surface area contributed by atoms with Crippen LogP contribution in [0.4, 0.5) is 4.39 Å². The Balaban J connectivity index is 2.35. The molecule has 0 aromatic heterocycles. The van der Waals surface area contributed by atoms with Crippen molar-refractivity contribution in [3.8, 4) is 6.07 Å². The van der Waals surface area contributed by atoms with Crippen molar-refractivity contribution in [3.05, 3.63) is 35.6 Å². The first-order valence-electron chi connectivity index (χ1n) is 4.79. The SMILES string of the molecule is CS(=O)(=O)[C@H]1[C@H](C#N)[C@@H]1c1cccc(F)c1. The van der Waals surface area contributed by atoms with Crippen LogP contribution in [0.2, 0.25) is 0 Å². The van der Waals surface area contributed by atoms with Crippen LogP contribution in [0.3, 0.4) is 0 Å². The Hall–Kier alpha value is -1.41. The van der Waals surface area contributed by atoms with Gasteiger partial charge in [-0.1, -0.05) is 12.1 Å². The fraction of sp³-hybridized carbons (Fsp3) is 0.364. The summed E-state index contributed by atoms with van der Waals surface area (Å²) in [5.74, 6) is -1.33. The lowest BCUT2D eigenvalue weighted by Gasteiger charge is -1.98. The molecule has 0 aliphatic heterocycles. The second kappa shape index (κ2) is 3.56. The predicted octanol–water partition coefficient (Wildman–Crippen LogP) is 1.48. The molecule has 84 valence electrons. The average Bonchev–Trinajstić information content (AvgIpc) is 2.91. The summed E-state index contributed by atoms with van der Waals surface area (Å²) in [4.78, 5) is 0. The van der Waals surface area contributed by atoms with E-state index in [1.54, 1.807) is 6.07 Å². The van der Waals surface area contributed by atoms with E-state index in [2.05, 4.69) is 0 Å². The maximum absolute atomic E-state index is 13.0. The van der Waals surface area contributed by atoms with Crippen molar-refractivity contribution in [2.75, 3.05) is 6.26 Å². The first-order chi connectivity index (χ1) is 7.45. The molecule has 16 heavy (non-hydrogen) atoms. The molecule has 2 rings (SSSR count). The zero-order valence-corrected chi connectivity index (χ0v) is 9.41. The third-order valence-corrected chi connectivity index (χ3v) is 4.41. The van der Waals surface area contributed by atoms with Gasteiger partial charge in [0, 0.05) is 12.2 Å². The van der Waals surface area contributed by atoms with Crippen LogP contribution in [0.25, 0.3) is 0 Å². The van der Waals surface area contributed by atoms with Gasteiger partial charge in [0.05, 0.1) is 17.2 Å². The molecule has 1 aromatic rings.